The van der Waals surface area contributed by atoms with E-state index in [0.717, 1.165) is 22.7 Å². The van der Waals surface area contributed by atoms with Crippen LogP contribution < -0.4 is 5.73 Å². The molecule has 0 saturated heterocycles. The van der Waals surface area contributed by atoms with E-state index in [9.17, 15) is 0 Å². The van der Waals surface area contributed by atoms with Crippen LogP contribution in [-0.4, -0.2) is 17.0 Å². The van der Waals surface area contributed by atoms with Gasteiger partial charge in [0.2, 0.25) is 0 Å². The topological polar surface area (TPSA) is 38.9 Å². The number of rotatable bonds is 4. The zero-order chi connectivity index (χ0) is 11.5. The molecule has 0 amide bonds. The first-order chi connectivity index (χ1) is 7.70. The fourth-order valence-corrected chi connectivity index (χ4v) is 3.17. The van der Waals surface area contributed by atoms with E-state index in [4.69, 9.17) is 5.73 Å². The number of aryl methyl sites for hydroxylation is 1. The maximum Gasteiger partial charge on any atom is 0.111 e. The van der Waals surface area contributed by atoms with Crippen molar-refractivity contribution in [1.82, 2.24) is 4.98 Å². The summed E-state index contributed by atoms with van der Waals surface area (Å²) < 4.78 is 1.25. The van der Waals surface area contributed by atoms with Gasteiger partial charge in [0.1, 0.15) is 5.01 Å². The second kappa shape index (κ2) is 5.17. The van der Waals surface area contributed by atoms with Crippen LogP contribution in [-0.2, 0) is 0 Å². The molecule has 2 N–H and O–H groups in total. The van der Waals surface area contributed by atoms with Crippen LogP contribution in [0.2, 0.25) is 0 Å². The number of nitrogens with two attached hydrogens (primary N) is 1. The van der Waals surface area contributed by atoms with Crippen LogP contribution in [0, 0.1) is 6.92 Å². The fourth-order valence-electron chi connectivity index (χ4n) is 1.58. The minimum Gasteiger partial charge on any atom is -0.322 e. The molecule has 0 spiro atoms. The van der Waals surface area contributed by atoms with Crippen molar-refractivity contribution in [2.45, 2.75) is 19.4 Å². The van der Waals surface area contributed by atoms with Gasteiger partial charge in [0.15, 0.2) is 0 Å². The van der Waals surface area contributed by atoms with Crippen molar-refractivity contribution in [2.24, 2.45) is 5.73 Å². The predicted molar refractivity (Wildman–Crippen MR) is 74.3 cm³/mol. The third-order valence-electron chi connectivity index (χ3n) is 2.51. The molecule has 1 aromatic heterocycles. The average Bonchev–Trinajstić information content (AvgIpc) is 2.68. The number of aromatic nitrogens is 1. The number of thiazole rings is 1. The molecular weight excluding hydrogens is 236 g/mol. The minimum absolute atomic E-state index is 0.0881. The highest BCUT2D eigenvalue weighted by molar-refractivity contribution is 7.98. The van der Waals surface area contributed by atoms with Gasteiger partial charge in [-0.25, -0.2) is 4.98 Å². The van der Waals surface area contributed by atoms with Crippen LogP contribution >= 0.6 is 23.1 Å². The fraction of sp³-hybridized carbons (Fsp3) is 0.417. The van der Waals surface area contributed by atoms with Crippen LogP contribution in [0.3, 0.4) is 0 Å². The maximum absolute atomic E-state index is 6.12. The van der Waals surface area contributed by atoms with Crippen LogP contribution in [0.4, 0.5) is 0 Å². The van der Waals surface area contributed by atoms with Crippen molar-refractivity contribution in [3.05, 3.63) is 28.8 Å². The van der Waals surface area contributed by atoms with Gasteiger partial charge in [-0.2, -0.15) is 11.8 Å². The molecule has 0 fully saturated rings. The van der Waals surface area contributed by atoms with Gasteiger partial charge in [-0.15, -0.1) is 11.3 Å². The molecule has 16 heavy (non-hydrogen) atoms. The molecule has 0 aliphatic heterocycles. The largest absolute Gasteiger partial charge is 0.322 e. The molecule has 2 aromatic rings. The lowest BCUT2D eigenvalue weighted by atomic mass is 10.2. The van der Waals surface area contributed by atoms with E-state index in [1.165, 1.54) is 10.3 Å². The summed E-state index contributed by atoms with van der Waals surface area (Å²) in [6, 6.07) is 6.44. The Hall–Kier alpha value is -0.580. The van der Waals surface area contributed by atoms with Crippen molar-refractivity contribution < 1.29 is 0 Å². The Kier molecular flexibility index (Phi) is 3.84. The average molecular weight is 252 g/mol. The normalized spacial score (nSPS) is 13.2. The molecule has 0 saturated carbocycles. The number of nitrogens with zero attached hydrogens (tertiary/aromatic N) is 1. The van der Waals surface area contributed by atoms with E-state index in [-0.39, 0.29) is 6.04 Å². The number of thioether (sulfide) groups is 1. The SMILES string of the molecule is CSCCC(N)c1nc2ccc(C)cc2s1. The zero-order valence-corrected chi connectivity index (χ0v) is 11.2. The maximum atomic E-state index is 6.12. The summed E-state index contributed by atoms with van der Waals surface area (Å²) in [5.74, 6) is 1.09. The molecule has 1 heterocycles. The Labute approximate surface area is 104 Å². The Morgan fingerprint density at radius 1 is 1.50 bits per heavy atom. The van der Waals surface area contributed by atoms with Crippen molar-refractivity contribution >= 4 is 33.3 Å². The standard InChI is InChI=1S/C12H16N2S2/c1-8-3-4-10-11(7-8)16-12(14-10)9(13)5-6-15-2/h3-4,7,9H,5-6,13H2,1-2H3. The van der Waals surface area contributed by atoms with Gasteiger partial charge in [-0.3, -0.25) is 0 Å². The van der Waals surface area contributed by atoms with E-state index in [1.54, 1.807) is 11.3 Å². The Morgan fingerprint density at radius 2 is 2.31 bits per heavy atom. The van der Waals surface area contributed by atoms with E-state index in [1.807, 2.05) is 11.8 Å². The minimum atomic E-state index is 0.0881. The smallest absolute Gasteiger partial charge is 0.111 e. The van der Waals surface area contributed by atoms with Crippen LogP contribution in [0.25, 0.3) is 10.2 Å². The molecule has 1 unspecified atom stereocenters. The Balaban J connectivity index is 2.25. The van der Waals surface area contributed by atoms with Crippen molar-refractivity contribution in [3.63, 3.8) is 0 Å². The summed E-state index contributed by atoms with van der Waals surface area (Å²) in [7, 11) is 0. The summed E-state index contributed by atoms with van der Waals surface area (Å²) in [5, 5.41) is 1.06. The molecule has 4 heteroatoms. The van der Waals surface area contributed by atoms with Gasteiger partial charge >= 0.3 is 0 Å². The molecule has 1 aromatic carbocycles. The number of fused-ring (bicyclic) bond motifs is 1. The van der Waals surface area contributed by atoms with E-state index >= 15 is 0 Å². The third-order valence-corrected chi connectivity index (χ3v) is 4.30. The Bertz CT molecular complexity index is 479. The molecule has 0 radical (unpaired) electrons. The summed E-state index contributed by atoms with van der Waals surface area (Å²) >= 11 is 3.56. The van der Waals surface area contributed by atoms with Gasteiger partial charge in [0, 0.05) is 0 Å². The molecule has 0 aliphatic carbocycles. The first-order valence-corrected chi connectivity index (χ1v) is 7.53. The number of hydrogen-bond acceptors (Lipinski definition) is 4. The predicted octanol–water partition coefficient (Wildman–Crippen LogP) is 3.36. The monoisotopic (exact) mass is 252 g/mol. The highest BCUT2D eigenvalue weighted by Gasteiger charge is 2.11. The first kappa shape index (κ1) is 11.9. The summed E-state index contributed by atoms with van der Waals surface area (Å²) in [4.78, 5) is 4.59. The molecule has 2 rings (SSSR count). The van der Waals surface area contributed by atoms with E-state index in [0.29, 0.717) is 0 Å². The highest BCUT2D eigenvalue weighted by Crippen LogP contribution is 2.27. The number of hydrogen-bond donors (Lipinski definition) is 1. The van der Waals surface area contributed by atoms with Gasteiger partial charge in [0.05, 0.1) is 16.3 Å². The Morgan fingerprint density at radius 3 is 3.06 bits per heavy atom. The van der Waals surface area contributed by atoms with Crippen LogP contribution in [0.1, 0.15) is 23.0 Å². The zero-order valence-electron chi connectivity index (χ0n) is 9.56. The van der Waals surface area contributed by atoms with Gasteiger partial charge in [-0.05, 0) is 43.0 Å². The molecule has 0 aliphatic rings. The molecule has 86 valence electrons. The van der Waals surface area contributed by atoms with Crippen molar-refractivity contribution in [3.8, 4) is 0 Å². The van der Waals surface area contributed by atoms with Crippen LogP contribution in [0.5, 0.6) is 0 Å². The summed E-state index contributed by atoms with van der Waals surface area (Å²) in [6.45, 7) is 2.10. The third kappa shape index (κ3) is 2.56. The summed E-state index contributed by atoms with van der Waals surface area (Å²) in [6.07, 6.45) is 3.11. The van der Waals surface area contributed by atoms with E-state index < -0.39 is 0 Å². The van der Waals surface area contributed by atoms with Gasteiger partial charge in [-0.1, -0.05) is 6.07 Å². The lowest BCUT2D eigenvalue weighted by Gasteiger charge is -2.05. The highest BCUT2D eigenvalue weighted by atomic mass is 32.2. The first-order valence-electron chi connectivity index (χ1n) is 5.32. The van der Waals surface area contributed by atoms with Crippen molar-refractivity contribution in [1.29, 1.82) is 0 Å². The lowest BCUT2D eigenvalue weighted by molar-refractivity contribution is 0.701. The second-order valence-corrected chi connectivity index (χ2v) is 5.96. The lowest BCUT2D eigenvalue weighted by Crippen LogP contribution is -2.10. The molecular formula is C12H16N2S2. The van der Waals surface area contributed by atoms with Crippen LogP contribution in [0.15, 0.2) is 18.2 Å². The molecule has 0 bridgehead atoms. The van der Waals surface area contributed by atoms with Gasteiger partial charge < -0.3 is 5.73 Å². The second-order valence-electron chi connectivity index (χ2n) is 3.91. The molecule has 1 atom stereocenters. The summed E-state index contributed by atoms with van der Waals surface area (Å²) in [5.41, 5.74) is 8.47. The van der Waals surface area contributed by atoms with Crippen molar-refractivity contribution in [2.75, 3.05) is 12.0 Å². The van der Waals surface area contributed by atoms with E-state index in [2.05, 4.69) is 36.4 Å². The van der Waals surface area contributed by atoms with Gasteiger partial charge in [0.25, 0.3) is 0 Å². The quantitative estimate of drug-likeness (QED) is 0.907. The molecule has 2 nitrogen and oxygen atoms in total. The number of benzene rings is 1.